The van der Waals surface area contributed by atoms with Gasteiger partial charge in [-0.2, -0.15) is 4.31 Å². The molecule has 1 aliphatic rings. The number of hydrogen-bond donors (Lipinski definition) is 1. The number of amides is 1. The van der Waals surface area contributed by atoms with Crippen LogP contribution in [0.3, 0.4) is 0 Å². The number of sulfonamides is 1. The van der Waals surface area contributed by atoms with Crippen LogP contribution in [0.5, 0.6) is 0 Å². The largest absolute Gasteiger partial charge is 0.452 e. The average Bonchev–Trinajstić information content (AvgIpc) is 3.34. The lowest BCUT2D eigenvalue weighted by Crippen LogP contribution is -2.31. The Bertz CT molecular complexity index is 1160. The topological polar surface area (TPSA) is 96.0 Å². The van der Waals surface area contributed by atoms with Gasteiger partial charge in [-0.25, -0.2) is 22.0 Å². The van der Waals surface area contributed by atoms with Gasteiger partial charge in [0.1, 0.15) is 11.6 Å². The number of nitrogens with one attached hydrogen (secondary N) is 1. The van der Waals surface area contributed by atoms with Gasteiger partial charge in [-0.1, -0.05) is 13.8 Å². The number of ether oxygens (including phenoxy) is 1. The van der Waals surface area contributed by atoms with Crippen LogP contribution in [0.15, 0.2) is 41.3 Å². The van der Waals surface area contributed by atoms with E-state index >= 15 is 0 Å². The maximum atomic E-state index is 13.8. The van der Waals surface area contributed by atoms with E-state index in [4.69, 9.17) is 4.74 Å². The standard InChI is InChI=1S/C23H27F2N3O5S/c1-3-28(4-2)34(31,32)17-8-10-21(27-11-5-6-12-27)18(14-17)23(30)33-15-22(29)26-20-9-7-16(24)13-19(20)25/h7-10,13-14H,3-6,11-12,15H2,1-2H3,(H,26,29). The smallest absolute Gasteiger partial charge is 0.340 e. The van der Waals surface area contributed by atoms with Crippen molar-refractivity contribution in [1.82, 2.24) is 4.31 Å². The molecule has 0 saturated carbocycles. The zero-order valence-electron chi connectivity index (χ0n) is 19.0. The Balaban J connectivity index is 1.82. The second kappa shape index (κ2) is 10.9. The third-order valence-corrected chi connectivity index (χ3v) is 7.56. The van der Waals surface area contributed by atoms with Gasteiger partial charge < -0.3 is 15.0 Å². The fourth-order valence-electron chi connectivity index (χ4n) is 3.77. The highest BCUT2D eigenvalue weighted by Gasteiger charge is 2.27. The van der Waals surface area contributed by atoms with Gasteiger partial charge in [0.2, 0.25) is 10.0 Å². The highest BCUT2D eigenvalue weighted by Crippen LogP contribution is 2.29. The molecule has 0 unspecified atom stereocenters. The van der Waals surface area contributed by atoms with Gasteiger partial charge >= 0.3 is 5.97 Å². The van der Waals surface area contributed by atoms with Crippen molar-refractivity contribution in [1.29, 1.82) is 0 Å². The molecule has 34 heavy (non-hydrogen) atoms. The van der Waals surface area contributed by atoms with Crippen LogP contribution in [-0.2, 0) is 19.6 Å². The van der Waals surface area contributed by atoms with Crippen molar-refractivity contribution in [3.63, 3.8) is 0 Å². The van der Waals surface area contributed by atoms with Crippen molar-refractivity contribution in [2.24, 2.45) is 0 Å². The maximum absolute atomic E-state index is 13.8. The normalized spacial score (nSPS) is 13.9. The summed E-state index contributed by atoms with van der Waals surface area (Å²) in [5.41, 5.74) is 0.286. The van der Waals surface area contributed by atoms with E-state index in [0.717, 1.165) is 25.0 Å². The molecule has 0 spiro atoms. The Hall–Kier alpha value is -3.05. The third kappa shape index (κ3) is 5.71. The summed E-state index contributed by atoms with van der Waals surface area (Å²) in [5.74, 6) is -3.47. The fraction of sp³-hybridized carbons (Fsp3) is 0.391. The number of benzene rings is 2. The summed E-state index contributed by atoms with van der Waals surface area (Å²) in [6, 6.07) is 6.95. The molecule has 0 aliphatic carbocycles. The van der Waals surface area contributed by atoms with Crippen molar-refractivity contribution in [3.8, 4) is 0 Å². The van der Waals surface area contributed by atoms with E-state index in [1.807, 2.05) is 4.90 Å². The molecule has 1 fully saturated rings. The average molecular weight is 496 g/mol. The van der Waals surface area contributed by atoms with Crippen molar-refractivity contribution < 1.29 is 31.5 Å². The van der Waals surface area contributed by atoms with Crippen LogP contribution in [-0.4, -0.2) is 57.4 Å². The van der Waals surface area contributed by atoms with Gasteiger partial charge in [0.25, 0.3) is 5.91 Å². The van der Waals surface area contributed by atoms with Crippen molar-refractivity contribution in [2.45, 2.75) is 31.6 Å². The predicted molar refractivity (Wildman–Crippen MR) is 123 cm³/mol. The molecule has 0 aromatic heterocycles. The summed E-state index contributed by atoms with van der Waals surface area (Å²) in [5, 5.41) is 2.21. The zero-order valence-corrected chi connectivity index (χ0v) is 19.8. The van der Waals surface area contributed by atoms with Crippen LogP contribution in [0.25, 0.3) is 0 Å². The van der Waals surface area contributed by atoms with Crippen LogP contribution in [0.2, 0.25) is 0 Å². The lowest BCUT2D eigenvalue weighted by molar-refractivity contribution is -0.119. The number of nitrogens with zero attached hydrogens (tertiary/aromatic N) is 2. The van der Waals surface area contributed by atoms with Gasteiger partial charge in [0.15, 0.2) is 6.61 Å². The fourth-order valence-corrected chi connectivity index (χ4v) is 5.26. The van der Waals surface area contributed by atoms with E-state index in [-0.39, 0.29) is 29.2 Å². The van der Waals surface area contributed by atoms with Gasteiger partial charge in [-0.3, -0.25) is 4.79 Å². The number of halogens is 2. The van der Waals surface area contributed by atoms with Crippen LogP contribution in [0.1, 0.15) is 37.0 Å². The van der Waals surface area contributed by atoms with Gasteiger partial charge in [0, 0.05) is 32.2 Å². The highest BCUT2D eigenvalue weighted by atomic mass is 32.2. The molecule has 2 aromatic rings. The van der Waals surface area contributed by atoms with Gasteiger partial charge in [0.05, 0.1) is 21.8 Å². The van der Waals surface area contributed by atoms with Gasteiger partial charge in [-0.15, -0.1) is 0 Å². The molecular weight excluding hydrogens is 468 g/mol. The number of esters is 1. The van der Waals surface area contributed by atoms with Crippen molar-refractivity contribution in [3.05, 3.63) is 53.6 Å². The molecular formula is C23H27F2N3O5S. The van der Waals surface area contributed by atoms with E-state index in [1.165, 1.54) is 16.4 Å². The van der Waals surface area contributed by atoms with E-state index in [9.17, 15) is 26.8 Å². The molecule has 1 heterocycles. The summed E-state index contributed by atoms with van der Waals surface area (Å²) < 4.78 is 59.1. The Morgan fingerprint density at radius 2 is 1.74 bits per heavy atom. The Kier molecular flexibility index (Phi) is 8.21. The van der Waals surface area contributed by atoms with Crippen LogP contribution in [0.4, 0.5) is 20.2 Å². The molecule has 2 aromatic carbocycles. The molecule has 0 radical (unpaired) electrons. The minimum atomic E-state index is -3.82. The van der Waals surface area contributed by atoms with E-state index in [1.54, 1.807) is 19.9 Å². The molecule has 0 bridgehead atoms. The Labute approximate surface area is 197 Å². The number of anilines is 2. The molecule has 8 nitrogen and oxygen atoms in total. The summed E-state index contributed by atoms with van der Waals surface area (Å²) in [6.45, 7) is 4.65. The van der Waals surface area contributed by atoms with E-state index in [2.05, 4.69) is 5.32 Å². The van der Waals surface area contributed by atoms with Crippen LogP contribution >= 0.6 is 0 Å². The van der Waals surface area contributed by atoms with Gasteiger partial charge in [-0.05, 0) is 43.2 Å². The summed E-state index contributed by atoms with van der Waals surface area (Å²) in [7, 11) is -3.82. The minimum Gasteiger partial charge on any atom is -0.452 e. The zero-order chi connectivity index (χ0) is 24.9. The summed E-state index contributed by atoms with van der Waals surface area (Å²) in [4.78, 5) is 27.0. The molecule has 1 amide bonds. The summed E-state index contributed by atoms with van der Waals surface area (Å²) in [6.07, 6.45) is 1.86. The number of hydrogen-bond acceptors (Lipinski definition) is 6. The van der Waals surface area contributed by atoms with Crippen LogP contribution in [0, 0.1) is 11.6 Å². The first-order valence-corrected chi connectivity index (χ1v) is 12.4. The number of rotatable bonds is 9. The first kappa shape index (κ1) is 25.6. The Morgan fingerprint density at radius 3 is 2.35 bits per heavy atom. The molecule has 11 heteroatoms. The highest BCUT2D eigenvalue weighted by molar-refractivity contribution is 7.89. The minimum absolute atomic E-state index is 0.0240. The first-order valence-electron chi connectivity index (χ1n) is 11.0. The van der Waals surface area contributed by atoms with Crippen LogP contribution < -0.4 is 10.2 Å². The molecule has 1 aliphatic heterocycles. The molecule has 0 atom stereocenters. The second-order valence-corrected chi connectivity index (χ2v) is 9.65. The number of carbonyl (C=O) groups is 2. The van der Waals surface area contributed by atoms with Crippen molar-refractivity contribution >= 4 is 33.3 Å². The second-order valence-electron chi connectivity index (χ2n) is 7.71. The molecule has 1 N–H and O–H groups in total. The SMILES string of the molecule is CCN(CC)S(=O)(=O)c1ccc(N2CCCC2)c(C(=O)OCC(=O)Nc2ccc(F)cc2F)c1. The Morgan fingerprint density at radius 1 is 1.06 bits per heavy atom. The molecule has 3 rings (SSSR count). The molecule has 1 saturated heterocycles. The van der Waals surface area contributed by atoms with Crippen molar-refractivity contribution in [2.75, 3.05) is 43.0 Å². The lowest BCUT2D eigenvalue weighted by atomic mass is 10.1. The lowest BCUT2D eigenvalue weighted by Gasteiger charge is -2.23. The van der Waals surface area contributed by atoms with E-state index < -0.39 is 40.1 Å². The number of carbonyl (C=O) groups excluding carboxylic acids is 2. The molecule has 184 valence electrons. The third-order valence-electron chi connectivity index (χ3n) is 5.52. The quantitative estimate of drug-likeness (QED) is 0.536. The first-order chi connectivity index (χ1) is 16.2. The van der Waals surface area contributed by atoms with E-state index in [0.29, 0.717) is 24.8 Å². The maximum Gasteiger partial charge on any atom is 0.340 e. The summed E-state index contributed by atoms with van der Waals surface area (Å²) >= 11 is 0. The predicted octanol–water partition coefficient (Wildman–Crippen LogP) is 3.39. The monoisotopic (exact) mass is 495 g/mol.